The summed E-state index contributed by atoms with van der Waals surface area (Å²) in [7, 11) is 0. The molecule has 0 saturated carbocycles. The molecule has 0 aliphatic heterocycles. The molecule has 0 fully saturated rings. The number of nitrogens with one attached hydrogen (secondary N) is 3. The largest absolute Gasteiger partial charge is 0.315 e. The van der Waals surface area contributed by atoms with Crippen LogP contribution in [0.3, 0.4) is 0 Å². The number of nitrogens with zero attached hydrogens (tertiary/aromatic N) is 1. The highest BCUT2D eigenvalue weighted by Crippen LogP contribution is 2.00. The Hall–Kier alpha value is -0.870. The second kappa shape index (κ2) is 7.45. The Morgan fingerprint density at radius 2 is 2.06 bits per heavy atom. The number of H-pyrrole nitrogens is 1. The zero-order valence-electron chi connectivity index (χ0n) is 11.5. The van der Waals surface area contributed by atoms with Gasteiger partial charge in [0.1, 0.15) is 0 Å². The summed E-state index contributed by atoms with van der Waals surface area (Å²) in [5, 5.41) is 14.2. The number of hydrogen-bond acceptors (Lipinski definition) is 3. The summed E-state index contributed by atoms with van der Waals surface area (Å²) >= 11 is 0. The fourth-order valence-corrected chi connectivity index (χ4v) is 1.63. The first-order valence-corrected chi connectivity index (χ1v) is 6.59. The van der Waals surface area contributed by atoms with E-state index in [0.29, 0.717) is 12.0 Å². The van der Waals surface area contributed by atoms with E-state index in [4.69, 9.17) is 0 Å². The van der Waals surface area contributed by atoms with Crippen LogP contribution in [0.15, 0.2) is 6.07 Å². The van der Waals surface area contributed by atoms with Crippen molar-refractivity contribution >= 4 is 0 Å². The van der Waals surface area contributed by atoms with Crippen molar-refractivity contribution in [2.75, 3.05) is 13.1 Å². The normalized spacial score (nSPS) is 13.2. The summed E-state index contributed by atoms with van der Waals surface area (Å²) in [5.41, 5.74) is 2.30. The standard InChI is InChI=1S/C13H26N4/c1-5-12-6-13(17-16-12)9-15-11(4)8-14-7-10(2)3/h6,10-11,14-15H,5,7-9H2,1-4H3,(H,16,17). The molecule has 1 aromatic rings. The topological polar surface area (TPSA) is 52.7 Å². The van der Waals surface area contributed by atoms with E-state index < -0.39 is 0 Å². The Morgan fingerprint density at radius 1 is 1.29 bits per heavy atom. The van der Waals surface area contributed by atoms with Crippen molar-refractivity contribution < 1.29 is 0 Å². The summed E-state index contributed by atoms with van der Waals surface area (Å²) < 4.78 is 0. The molecule has 1 rings (SSSR count). The summed E-state index contributed by atoms with van der Waals surface area (Å²) in [5.74, 6) is 0.710. The van der Waals surface area contributed by atoms with Crippen LogP contribution in [0.4, 0.5) is 0 Å². The quantitative estimate of drug-likeness (QED) is 0.646. The highest BCUT2D eigenvalue weighted by atomic mass is 15.1. The first kappa shape index (κ1) is 14.2. The molecule has 0 bridgehead atoms. The van der Waals surface area contributed by atoms with Crippen molar-refractivity contribution in [2.24, 2.45) is 5.92 Å². The molecule has 0 aromatic carbocycles. The van der Waals surface area contributed by atoms with Gasteiger partial charge in [-0.15, -0.1) is 0 Å². The third-order valence-corrected chi connectivity index (χ3v) is 2.69. The Morgan fingerprint density at radius 3 is 2.65 bits per heavy atom. The molecule has 4 heteroatoms. The maximum Gasteiger partial charge on any atom is 0.0622 e. The van der Waals surface area contributed by atoms with Crippen molar-refractivity contribution in [3.8, 4) is 0 Å². The molecule has 1 unspecified atom stereocenters. The monoisotopic (exact) mass is 238 g/mol. The molecule has 0 radical (unpaired) electrons. The van der Waals surface area contributed by atoms with Gasteiger partial charge in [0.25, 0.3) is 0 Å². The molecule has 0 amide bonds. The maximum atomic E-state index is 4.22. The second-order valence-corrected chi connectivity index (χ2v) is 5.07. The smallest absolute Gasteiger partial charge is 0.0622 e. The van der Waals surface area contributed by atoms with Gasteiger partial charge in [-0.1, -0.05) is 20.8 Å². The van der Waals surface area contributed by atoms with Crippen LogP contribution in [-0.2, 0) is 13.0 Å². The molecule has 1 aromatic heterocycles. The molecule has 1 heterocycles. The predicted octanol–water partition coefficient (Wildman–Crippen LogP) is 1.70. The fourth-order valence-electron chi connectivity index (χ4n) is 1.63. The van der Waals surface area contributed by atoms with E-state index in [1.54, 1.807) is 0 Å². The Balaban J connectivity index is 2.16. The summed E-state index contributed by atoms with van der Waals surface area (Å²) in [6.07, 6.45) is 0.988. The van der Waals surface area contributed by atoms with E-state index >= 15 is 0 Å². The average Bonchev–Trinajstić information content (AvgIpc) is 2.73. The second-order valence-electron chi connectivity index (χ2n) is 5.07. The minimum Gasteiger partial charge on any atom is -0.315 e. The average molecular weight is 238 g/mol. The summed E-state index contributed by atoms with van der Waals surface area (Å²) in [6.45, 7) is 11.7. The third kappa shape index (κ3) is 5.84. The van der Waals surface area contributed by atoms with Crippen LogP contribution in [0.5, 0.6) is 0 Å². The molecule has 3 N–H and O–H groups in total. The Kier molecular flexibility index (Phi) is 6.22. The van der Waals surface area contributed by atoms with Crippen LogP contribution in [0.25, 0.3) is 0 Å². The predicted molar refractivity (Wildman–Crippen MR) is 72.0 cm³/mol. The van der Waals surface area contributed by atoms with Gasteiger partial charge in [-0.05, 0) is 31.9 Å². The molecule has 0 aliphatic carbocycles. The number of hydrogen-bond donors (Lipinski definition) is 3. The summed E-state index contributed by atoms with van der Waals surface area (Å²) in [6, 6.07) is 2.60. The van der Waals surface area contributed by atoms with E-state index in [9.17, 15) is 0 Å². The van der Waals surface area contributed by atoms with Gasteiger partial charge in [0.05, 0.1) is 5.69 Å². The van der Waals surface area contributed by atoms with E-state index in [1.165, 1.54) is 0 Å². The molecule has 17 heavy (non-hydrogen) atoms. The molecule has 0 aliphatic rings. The highest BCUT2D eigenvalue weighted by Gasteiger charge is 2.03. The molecule has 1 atom stereocenters. The van der Waals surface area contributed by atoms with Gasteiger partial charge >= 0.3 is 0 Å². The Bertz CT molecular complexity index is 306. The molecule has 0 saturated heterocycles. The summed E-state index contributed by atoms with van der Waals surface area (Å²) in [4.78, 5) is 0. The number of aryl methyl sites for hydroxylation is 1. The van der Waals surface area contributed by atoms with Gasteiger partial charge in [-0.3, -0.25) is 5.10 Å². The van der Waals surface area contributed by atoms with Crippen LogP contribution >= 0.6 is 0 Å². The minimum atomic E-state index is 0.474. The third-order valence-electron chi connectivity index (χ3n) is 2.69. The lowest BCUT2D eigenvalue weighted by Gasteiger charge is -2.15. The fraction of sp³-hybridized carbons (Fsp3) is 0.769. The minimum absolute atomic E-state index is 0.474. The lowest BCUT2D eigenvalue weighted by Crippen LogP contribution is -2.37. The molecular formula is C13H26N4. The first-order chi connectivity index (χ1) is 8.11. The lowest BCUT2D eigenvalue weighted by atomic mass is 10.2. The number of aromatic nitrogens is 2. The molecule has 0 spiro atoms. The van der Waals surface area contributed by atoms with E-state index in [1.807, 2.05) is 0 Å². The van der Waals surface area contributed by atoms with E-state index in [0.717, 1.165) is 37.4 Å². The maximum absolute atomic E-state index is 4.22. The lowest BCUT2D eigenvalue weighted by molar-refractivity contribution is 0.470. The van der Waals surface area contributed by atoms with Crippen LogP contribution in [0, 0.1) is 5.92 Å². The Labute approximate surface area is 105 Å². The van der Waals surface area contributed by atoms with Crippen molar-refractivity contribution in [3.63, 3.8) is 0 Å². The molecule has 4 nitrogen and oxygen atoms in total. The zero-order chi connectivity index (χ0) is 12.7. The SMILES string of the molecule is CCc1cc(CNC(C)CNCC(C)C)[nH]n1. The zero-order valence-corrected chi connectivity index (χ0v) is 11.5. The van der Waals surface area contributed by atoms with Crippen LogP contribution in [0.2, 0.25) is 0 Å². The van der Waals surface area contributed by atoms with E-state index in [-0.39, 0.29) is 0 Å². The highest BCUT2D eigenvalue weighted by molar-refractivity contribution is 5.08. The van der Waals surface area contributed by atoms with Gasteiger partial charge in [0.2, 0.25) is 0 Å². The van der Waals surface area contributed by atoms with Crippen LogP contribution in [-0.4, -0.2) is 29.3 Å². The van der Waals surface area contributed by atoms with Gasteiger partial charge in [0.15, 0.2) is 0 Å². The number of aromatic amines is 1. The van der Waals surface area contributed by atoms with Gasteiger partial charge in [-0.2, -0.15) is 5.10 Å². The van der Waals surface area contributed by atoms with Gasteiger partial charge in [-0.25, -0.2) is 0 Å². The van der Waals surface area contributed by atoms with Crippen molar-refractivity contribution in [3.05, 3.63) is 17.5 Å². The van der Waals surface area contributed by atoms with Gasteiger partial charge in [0, 0.05) is 24.8 Å². The van der Waals surface area contributed by atoms with Gasteiger partial charge < -0.3 is 10.6 Å². The molecular weight excluding hydrogens is 212 g/mol. The van der Waals surface area contributed by atoms with Crippen molar-refractivity contribution in [2.45, 2.75) is 46.7 Å². The first-order valence-electron chi connectivity index (χ1n) is 6.59. The molecule has 98 valence electrons. The van der Waals surface area contributed by atoms with E-state index in [2.05, 4.69) is 54.6 Å². The van der Waals surface area contributed by atoms with Crippen LogP contribution < -0.4 is 10.6 Å². The van der Waals surface area contributed by atoms with Crippen LogP contribution in [0.1, 0.15) is 39.1 Å². The number of rotatable bonds is 8. The van der Waals surface area contributed by atoms with Crippen molar-refractivity contribution in [1.29, 1.82) is 0 Å². The van der Waals surface area contributed by atoms with Crippen molar-refractivity contribution in [1.82, 2.24) is 20.8 Å².